The Morgan fingerprint density at radius 1 is 1.40 bits per heavy atom. The van der Waals surface area contributed by atoms with Crippen molar-refractivity contribution in [2.45, 2.75) is 58.0 Å². The van der Waals surface area contributed by atoms with Crippen molar-refractivity contribution < 1.29 is 8.42 Å². The molecule has 0 radical (unpaired) electrons. The zero-order valence-corrected chi connectivity index (χ0v) is 10.6. The maximum atomic E-state index is 11.4. The molecule has 1 saturated heterocycles. The topological polar surface area (TPSA) is 46.2 Å². The van der Waals surface area contributed by atoms with Crippen LogP contribution in [-0.4, -0.2) is 32.0 Å². The first-order chi connectivity index (χ1) is 7.07. The van der Waals surface area contributed by atoms with E-state index in [2.05, 4.69) is 19.2 Å². The molecule has 4 heteroatoms. The lowest BCUT2D eigenvalue weighted by Crippen LogP contribution is -2.45. The third-order valence-corrected chi connectivity index (χ3v) is 4.89. The predicted molar refractivity (Wildman–Crippen MR) is 63.8 cm³/mol. The first-order valence-electron chi connectivity index (χ1n) is 6.04. The van der Waals surface area contributed by atoms with Gasteiger partial charge >= 0.3 is 0 Å². The lowest BCUT2D eigenvalue weighted by molar-refractivity contribution is 0.387. The van der Waals surface area contributed by atoms with Crippen LogP contribution in [0.5, 0.6) is 0 Å². The van der Waals surface area contributed by atoms with Gasteiger partial charge in [0.15, 0.2) is 9.84 Å². The van der Waals surface area contributed by atoms with Crippen LogP contribution in [0.4, 0.5) is 0 Å². The van der Waals surface area contributed by atoms with Gasteiger partial charge in [-0.25, -0.2) is 8.42 Å². The fourth-order valence-corrected chi connectivity index (χ4v) is 3.89. The van der Waals surface area contributed by atoms with E-state index in [9.17, 15) is 8.42 Å². The second-order valence-electron chi connectivity index (χ2n) is 4.51. The van der Waals surface area contributed by atoms with Crippen LogP contribution in [0.2, 0.25) is 0 Å². The molecule has 15 heavy (non-hydrogen) atoms. The van der Waals surface area contributed by atoms with Crippen LogP contribution >= 0.6 is 0 Å². The maximum Gasteiger partial charge on any atom is 0.151 e. The summed E-state index contributed by atoms with van der Waals surface area (Å²) in [5.41, 5.74) is 0. The summed E-state index contributed by atoms with van der Waals surface area (Å²) in [6.07, 6.45) is 5.23. The van der Waals surface area contributed by atoms with Crippen molar-refractivity contribution in [1.29, 1.82) is 0 Å². The van der Waals surface area contributed by atoms with Gasteiger partial charge in [0.2, 0.25) is 0 Å². The highest BCUT2D eigenvalue weighted by Crippen LogP contribution is 2.14. The zero-order chi connectivity index (χ0) is 11.3. The molecule has 3 nitrogen and oxygen atoms in total. The van der Waals surface area contributed by atoms with E-state index in [0.717, 1.165) is 32.1 Å². The lowest BCUT2D eigenvalue weighted by atomic mass is 10.1. The van der Waals surface area contributed by atoms with Crippen molar-refractivity contribution in [2.75, 3.05) is 11.5 Å². The van der Waals surface area contributed by atoms with Gasteiger partial charge in [-0.05, 0) is 25.7 Å². The average Bonchev–Trinajstić information content (AvgIpc) is 2.15. The fourth-order valence-electron chi connectivity index (χ4n) is 2.24. The van der Waals surface area contributed by atoms with Gasteiger partial charge in [0, 0.05) is 12.1 Å². The summed E-state index contributed by atoms with van der Waals surface area (Å²) in [6, 6.07) is 0.688. The average molecular weight is 233 g/mol. The van der Waals surface area contributed by atoms with Crippen LogP contribution in [0, 0.1) is 0 Å². The Kier molecular flexibility index (Phi) is 5.06. The number of sulfone groups is 1. The van der Waals surface area contributed by atoms with Crippen LogP contribution in [0.1, 0.15) is 46.0 Å². The third kappa shape index (κ3) is 4.51. The van der Waals surface area contributed by atoms with E-state index < -0.39 is 9.84 Å². The van der Waals surface area contributed by atoms with Crippen molar-refractivity contribution in [2.24, 2.45) is 0 Å². The van der Waals surface area contributed by atoms with Crippen molar-refractivity contribution in [3.63, 3.8) is 0 Å². The zero-order valence-electron chi connectivity index (χ0n) is 9.83. The molecular weight excluding hydrogens is 210 g/mol. The van der Waals surface area contributed by atoms with Gasteiger partial charge in [-0.3, -0.25) is 0 Å². The van der Waals surface area contributed by atoms with E-state index >= 15 is 0 Å². The van der Waals surface area contributed by atoms with E-state index in [1.165, 1.54) is 0 Å². The summed E-state index contributed by atoms with van der Waals surface area (Å²) in [5, 5.41) is 3.48. The number of rotatable bonds is 5. The molecule has 2 atom stereocenters. The Hall–Kier alpha value is -0.0900. The Morgan fingerprint density at radius 2 is 2.13 bits per heavy atom. The summed E-state index contributed by atoms with van der Waals surface area (Å²) >= 11 is 0. The summed E-state index contributed by atoms with van der Waals surface area (Å²) < 4.78 is 22.9. The highest BCUT2D eigenvalue weighted by atomic mass is 32.2. The van der Waals surface area contributed by atoms with E-state index in [1.807, 2.05) is 0 Å². The molecule has 1 fully saturated rings. The number of hydrogen-bond donors (Lipinski definition) is 1. The van der Waals surface area contributed by atoms with Gasteiger partial charge in [-0.1, -0.05) is 20.3 Å². The molecule has 0 spiro atoms. The molecule has 0 aliphatic carbocycles. The van der Waals surface area contributed by atoms with Crippen LogP contribution in [0.3, 0.4) is 0 Å². The number of nitrogens with one attached hydrogen (secondary N) is 1. The third-order valence-electron chi connectivity index (χ3n) is 3.06. The second-order valence-corrected chi connectivity index (χ2v) is 6.74. The molecule has 1 aliphatic heterocycles. The van der Waals surface area contributed by atoms with Crippen LogP contribution < -0.4 is 5.32 Å². The first-order valence-corrected chi connectivity index (χ1v) is 7.86. The summed E-state index contributed by atoms with van der Waals surface area (Å²) in [6.45, 7) is 4.33. The molecule has 1 N–H and O–H groups in total. The molecule has 0 bridgehead atoms. The largest absolute Gasteiger partial charge is 0.310 e. The predicted octanol–water partition coefficient (Wildman–Crippen LogP) is 1.73. The smallest absolute Gasteiger partial charge is 0.151 e. The van der Waals surface area contributed by atoms with Crippen molar-refractivity contribution in [1.82, 2.24) is 5.32 Å². The highest BCUT2D eigenvalue weighted by molar-refractivity contribution is 7.91. The Morgan fingerprint density at radius 3 is 2.67 bits per heavy atom. The molecule has 0 amide bonds. The highest BCUT2D eigenvalue weighted by Gasteiger charge is 2.25. The van der Waals surface area contributed by atoms with Gasteiger partial charge in [-0.15, -0.1) is 0 Å². The molecular formula is C11H23NO2S. The van der Waals surface area contributed by atoms with Crippen LogP contribution in [-0.2, 0) is 9.84 Å². The maximum absolute atomic E-state index is 11.4. The molecule has 0 aromatic heterocycles. The normalized spacial score (nSPS) is 27.5. The molecule has 1 rings (SSSR count). The van der Waals surface area contributed by atoms with Gasteiger partial charge in [0.25, 0.3) is 0 Å². The Labute approximate surface area is 93.6 Å². The summed E-state index contributed by atoms with van der Waals surface area (Å²) in [4.78, 5) is 0. The number of hydrogen-bond acceptors (Lipinski definition) is 3. The minimum atomic E-state index is -2.76. The van der Waals surface area contributed by atoms with Gasteiger partial charge < -0.3 is 5.32 Å². The molecule has 1 aliphatic rings. The van der Waals surface area contributed by atoms with E-state index in [1.54, 1.807) is 0 Å². The van der Waals surface area contributed by atoms with Gasteiger partial charge in [0.1, 0.15) is 0 Å². The van der Waals surface area contributed by atoms with E-state index in [-0.39, 0.29) is 6.04 Å². The van der Waals surface area contributed by atoms with Gasteiger partial charge in [-0.2, -0.15) is 0 Å². The quantitative estimate of drug-likeness (QED) is 0.786. The summed E-state index contributed by atoms with van der Waals surface area (Å²) in [5.74, 6) is 0.725. The summed E-state index contributed by atoms with van der Waals surface area (Å²) in [7, 11) is -2.76. The SMILES string of the molecule is CCCC(CC)NC1CCCS(=O)(=O)C1. The standard InChI is InChI=1S/C11H23NO2S/c1-3-6-10(4-2)12-11-7-5-8-15(13,14)9-11/h10-12H,3-9H2,1-2H3. The Bertz CT molecular complexity index is 274. The first kappa shape index (κ1) is 13.0. The molecule has 0 aromatic carbocycles. The lowest BCUT2D eigenvalue weighted by Gasteiger charge is -2.27. The van der Waals surface area contributed by atoms with E-state index in [4.69, 9.17) is 0 Å². The second kappa shape index (κ2) is 5.85. The van der Waals surface area contributed by atoms with Crippen molar-refractivity contribution >= 4 is 9.84 Å². The molecule has 0 aromatic rings. The fraction of sp³-hybridized carbons (Fsp3) is 1.00. The van der Waals surface area contributed by atoms with E-state index in [0.29, 0.717) is 17.5 Å². The van der Waals surface area contributed by atoms with Crippen molar-refractivity contribution in [3.05, 3.63) is 0 Å². The van der Waals surface area contributed by atoms with Crippen LogP contribution in [0.15, 0.2) is 0 Å². The minimum Gasteiger partial charge on any atom is -0.310 e. The molecule has 2 unspecified atom stereocenters. The molecule has 90 valence electrons. The van der Waals surface area contributed by atoms with Crippen LogP contribution in [0.25, 0.3) is 0 Å². The Balaban J connectivity index is 2.43. The minimum absolute atomic E-state index is 0.195. The van der Waals surface area contributed by atoms with Gasteiger partial charge in [0.05, 0.1) is 11.5 Å². The monoisotopic (exact) mass is 233 g/mol. The molecule has 0 saturated carbocycles. The molecule has 1 heterocycles. The van der Waals surface area contributed by atoms with Crippen molar-refractivity contribution in [3.8, 4) is 0 Å².